The monoisotopic (exact) mass is 501 g/mol. The summed E-state index contributed by atoms with van der Waals surface area (Å²) in [6.07, 6.45) is 0. The molecule has 0 atom stereocenters. The Morgan fingerprint density at radius 3 is 2.00 bits per heavy atom. The second-order valence-electron chi connectivity index (χ2n) is 5.79. The highest BCUT2D eigenvalue weighted by atomic mass is 127. The fourth-order valence-electron chi connectivity index (χ4n) is 2.48. The molecule has 0 aliphatic rings. The van der Waals surface area contributed by atoms with E-state index in [0.717, 1.165) is 14.7 Å². The Labute approximate surface area is 181 Å². The van der Waals surface area contributed by atoms with Gasteiger partial charge in [-0.15, -0.1) is 0 Å². The molecule has 0 aromatic heterocycles. The van der Waals surface area contributed by atoms with Crippen LogP contribution in [0.25, 0.3) is 11.1 Å². The van der Waals surface area contributed by atoms with E-state index in [-0.39, 0.29) is 16.9 Å². The van der Waals surface area contributed by atoms with Crippen molar-refractivity contribution in [3.8, 4) is 11.1 Å². The van der Waals surface area contributed by atoms with Gasteiger partial charge in [-0.2, -0.15) is 0 Å². The molecule has 0 saturated heterocycles. The van der Waals surface area contributed by atoms with Crippen molar-refractivity contribution in [1.82, 2.24) is 16.2 Å². The fourth-order valence-corrected chi connectivity index (χ4v) is 3.25. The van der Waals surface area contributed by atoms with Crippen LogP contribution in [-0.4, -0.2) is 16.9 Å². The van der Waals surface area contributed by atoms with Gasteiger partial charge >= 0.3 is 0 Å². The molecule has 0 aliphatic heterocycles. The van der Waals surface area contributed by atoms with Crippen molar-refractivity contribution < 1.29 is 9.59 Å². The molecular formula is C21H16IN3O2S. The smallest absolute Gasteiger partial charge is 0.270 e. The number of thiocarbonyl (C=S) groups is 1. The molecule has 0 saturated carbocycles. The first kappa shape index (κ1) is 20.0. The minimum Gasteiger partial charge on any atom is -0.298 e. The number of rotatable bonds is 3. The average Bonchev–Trinajstić information content (AvgIpc) is 2.73. The minimum atomic E-state index is -0.361. The molecule has 3 rings (SSSR count). The third-order valence-electron chi connectivity index (χ3n) is 3.89. The Morgan fingerprint density at radius 1 is 0.714 bits per heavy atom. The van der Waals surface area contributed by atoms with Gasteiger partial charge in [-0.05, 0) is 70.2 Å². The SMILES string of the molecule is O=C(NC(=S)NNC(=O)c1ccccc1I)c1ccc(-c2ccccc2)cc1. The molecule has 0 fully saturated rings. The number of amides is 2. The van der Waals surface area contributed by atoms with Gasteiger partial charge in [0.05, 0.1) is 5.56 Å². The Kier molecular flexibility index (Phi) is 6.72. The summed E-state index contributed by atoms with van der Waals surface area (Å²) in [5.41, 5.74) is 8.09. The molecule has 7 heteroatoms. The van der Waals surface area contributed by atoms with E-state index in [1.807, 2.05) is 54.6 Å². The van der Waals surface area contributed by atoms with Crippen LogP contribution in [0.3, 0.4) is 0 Å². The minimum absolute atomic E-state index is 0.0106. The molecule has 5 nitrogen and oxygen atoms in total. The van der Waals surface area contributed by atoms with Crippen LogP contribution in [0, 0.1) is 3.57 Å². The maximum Gasteiger partial charge on any atom is 0.270 e. The number of nitrogens with one attached hydrogen (secondary N) is 3. The van der Waals surface area contributed by atoms with Crippen molar-refractivity contribution in [3.05, 3.63) is 93.6 Å². The van der Waals surface area contributed by atoms with E-state index in [0.29, 0.717) is 11.1 Å². The second kappa shape index (κ2) is 9.43. The normalized spacial score (nSPS) is 10.0. The molecule has 2 amide bonds. The van der Waals surface area contributed by atoms with Gasteiger partial charge in [0.15, 0.2) is 5.11 Å². The van der Waals surface area contributed by atoms with E-state index in [4.69, 9.17) is 12.2 Å². The van der Waals surface area contributed by atoms with E-state index >= 15 is 0 Å². The van der Waals surface area contributed by atoms with Crippen molar-refractivity contribution in [2.24, 2.45) is 0 Å². The lowest BCUT2D eigenvalue weighted by Crippen LogP contribution is -2.48. The zero-order valence-electron chi connectivity index (χ0n) is 14.6. The van der Waals surface area contributed by atoms with Crippen molar-refractivity contribution in [1.29, 1.82) is 0 Å². The molecule has 0 heterocycles. The van der Waals surface area contributed by atoms with E-state index in [1.54, 1.807) is 24.3 Å². The second-order valence-corrected chi connectivity index (χ2v) is 7.36. The summed E-state index contributed by atoms with van der Waals surface area (Å²) >= 11 is 7.15. The lowest BCUT2D eigenvalue weighted by Gasteiger charge is -2.11. The molecule has 0 radical (unpaired) electrons. The van der Waals surface area contributed by atoms with Gasteiger partial charge in [0.25, 0.3) is 11.8 Å². The van der Waals surface area contributed by atoms with Gasteiger partial charge in [-0.3, -0.25) is 25.8 Å². The largest absolute Gasteiger partial charge is 0.298 e. The summed E-state index contributed by atoms with van der Waals surface area (Å²) in [6.45, 7) is 0. The predicted molar refractivity (Wildman–Crippen MR) is 122 cm³/mol. The summed E-state index contributed by atoms with van der Waals surface area (Å²) in [6, 6.07) is 24.2. The molecular weight excluding hydrogens is 485 g/mol. The maximum atomic E-state index is 12.3. The van der Waals surface area contributed by atoms with Gasteiger partial charge in [-0.25, -0.2) is 0 Å². The number of hydrazine groups is 1. The number of hydrogen-bond donors (Lipinski definition) is 3. The molecule has 0 aliphatic carbocycles. The van der Waals surface area contributed by atoms with Crippen LogP contribution in [0.5, 0.6) is 0 Å². The van der Waals surface area contributed by atoms with Gasteiger partial charge in [-0.1, -0.05) is 54.6 Å². The summed E-state index contributed by atoms with van der Waals surface area (Å²) in [7, 11) is 0. The van der Waals surface area contributed by atoms with Crippen molar-refractivity contribution in [2.75, 3.05) is 0 Å². The molecule has 3 aromatic rings. The number of carbonyl (C=O) groups is 2. The molecule has 28 heavy (non-hydrogen) atoms. The van der Waals surface area contributed by atoms with Gasteiger partial charge in [0.2, 0.25) is 0 Å². The van der Waals surface area contributed by atoms with Crippen LogP contribution < -0.4 is 16.2 Å². The summed E-state index contributed by atoms with van der Waals surface area (Å²) in [5, 5.41) is 2.55. The number of halogens is 1. The summed E-state index contributed by atoms with van der Waals surface area (Å²) in [4.78, 5) is 24.5. The van der Waals surface area contributed by atoms with Crippen LogP contribution in [-0.2, 0) is 0 Å². The first-order valence-corrected chi connectivity index (χ1v) is 9.85. The van der Waals surface area contributed by atoms with E-state index in [2.05, 4.69) is 38.8 Å². The van der Waals surface area contributed by atoms with Gasteiger partial charge in [0.1, 0.15) is 0 Å². The van der Waals surface area contributed by atoms with Crippen LogP contribution in [0.15, 0.2) is 78.9 Å². The van der Waals surface area contributed by atoms with E-state index in [1.165, 1.54) is 0 Å². The number of carbonyl (C=O) groups excluding carboxylic acids is 2. The molecule has 3 N–H and O–H groups in total. The lowest BCUT2D eigenvalue weighted by atomic mass is 10.0. The Balaban J connectivity index is 1.55. The van der Waals surface area contributed by atoms with Crippen molar-refractivity contribution in [2.45, 2.75) is 0 Å². The highest BCUT2D eigenvalue weighted by molar-refractivity contribution is 14.1. The zero-order valence-corrected chi connectivity index (χ0v) is 17.6. The summed E-state index contributed by atoms with van der Waals surface area (Å²) < 4.78 is 0.813. The zero-order chi connectivity index (χ0) is 19.9. The van der Waals surface area contributed by atoms with Crippen LogP contribution in [0.2, 0.25) is 0 Å². The van der Waals surface area contributed by atoms with E-state index in [9.17, 15) is 9.59 Å². The molecule has 3 aromatic carbocycles. The van der Waals surface area contributed by atoms with E-state index < -0.39 is 0 Å². The van der Waals surface area contributed by atoms with Gasteiger partial charge in [0, 0.05) is 9.13 Å². The van der Waals surface area contributed by atoms with Crippen LogP contribution in [0.1, 0.15) is 20.7 Å². The standard InChI is InChI=1S/C21H16IN3O2S/c22-18-9-5-4-8-17(18)20(27)24-25-21(28)23-19(26)16-12-10-15(11-13-16)14-6-2-1-3-7-14/h1-13H,(H,24,27)(H2,23,25,26,28). The predicted octanol–water partition coefficient (Wildman–Crippen LogP) is 3.91. The highest BCUT2D eigenvalue weighted by Crippen LogP contribution is 2.19. The quantitative estimate of drug-likeness (QED) is 0.289. The number of hydrogen-bond acceptors (Lipinski definition) is 3. The van der Waals surface area contributed by atoms with Crippen molar-refractivity contribution in [3.63, 3.8) is 0 Å². The first-order valence-electron chi connectivity index (χ1n) is 8.36. The number of benzene rings is 3. The van der Waals surface area contributed by atoms with Gasteiger partial charge < -0.3 is 0 Å². The topological polar surface area (TPSA) is 70.2 Å². The third kappa shape index (κ3) is 5.14. The Hall–Kier alpha value is -2.78. The first-order chi connectivity index (χ1) is 13.5. The molecule has 140 valence electrons. The van der Waals surface area contributed by atoms with Crippen LogP contribution >= 0.6 is 34.8 Å². The fraction of sp³-hybridized carbons (Fsp3) is 0. The average molecular weight is 501 g/mol. The van der Waals surface area contributed by atoms with Crippen molar-refractivity contribution >= 4 is 51.7 Å². The third-order valence-corrected chi connectivity index (χ3v) is 5.03. The maximum absolute atomic E-state index is 12.3. The molecule has 0 spiro atoms. The Morgan fingerprint density at radius 2 is 1.32 bits per heavy atom. The highest BCUT2D eigenvalue weighted by Gasteiger charge is 2.11. The van der Waals surface area contributed by atoms with Crippen LogP contribution in [0.4, 0.5) is 0 Å². The summed E-state index contributed by atoms with van der Waals surface area (Å²) in [5.74, 6) is -0.700. The lowest BCUT2D eigenvalue weighted by molar-refractivity contribution is 0.0934. The molecule has 0 bridgehead atoms. The molecule has 0 unspecified atom stereocenters. The Bertz CT molecular complexity index is 1010.